The van der Waals surface area contributed by atoms with Crippen LogP contribution in [0.2, 0.25) is 5.02 Å². The van der Waals surface area contributed by atoms with Gasteiger partial charge in [-0.25, -0.2) is 0 Å². The van der Waals surface area contributed by atoms with Crippen LogP contribution >= 0.6 is 11.6 Å². The normalized spacial score (nSPS) is 9.75. The third kappa shape index (κ3) is 2.58. The Morgan fingerprint density at radius 2 is 2.19 bits per heavy atom. The molecule has 0 radical (unpaired) electrons. The predicted octanol–water partition coefficient (Wildman–Crippen LogP) is 2.11. The van der Waals surface area contributed by atoms with Crippen LogP contribution < -0.4 is 14.8 Å². The van der Waals surface area contributed by atoms with Gasteiger partial charge in [-0.3, -0.25) is 4.79 Å². The van der Waals surface area contributed by atoms with Crippen LogP contribution in [0.5, 0.6) is 11.5 Å². The minimum Gasteiger partial charge on any atom is -0.493 e. The lowest BCUT2D eigenvalue weighted by atomic mass is 10.2. The molecule has 0 aliphatic heterocycles. The summed E-state index contributed by atoms with van der Waals surface area (Å²) in [5.41, 5.74) is 0.438. The lowest BCUT2D eigenvalue weighted by molar-refractivity contribution is 0.0962. The average Bonchev–Trinajstić information content (AvgIpc) is 2.30. The summed E-state index contributed by atoms with van der Waals surface area (Å²) in [6.07, 6.45) is 0. The summed E-state index contributed by atoms with van der Waals surface area (Å²) in [6, 6.07) is 3.14. The molecule has 0 saturated heterocycles. The lowest BCUT2D eigenvalue weighted by Crippen LogP contribution is -2.17. The van der Waals surface area contributed by atoms with Crippen molar-refractivity contribution in [1.82, 2.24) is 5.32 Å². The quantitative estimate of drug-likeness (QED) is 0.881. The average molecular weight is 244 g/mol. The molecule has 0 heterocycles. The fourth-order valence-electron chi connectivity index (χ4n) is 1.28. The minimum absolute atomic E-state index is 0.219. The maximum absolute atomic E-state index is 11.4. The molecule has 1 aromatic carbocycles. The number of methoxy groups -OCH3 is 1. The first-order chi connectivity index (χ1) is 7.63. The van der Waals surface area contributed by atoms with Crippen LogP contribution in [-0.2, 0) is 0 Å². The number of hydrogen-bond acceptors (Lipinski definition) is 3. The summed E-state index contributed by atoms with van der Waals surface area (Å²) in [7, 11) is 3.06. The van der Waals surface area contributed by atoms with Crippen molar-refractivity contribution in [2.75, 3.05) is 20.8 Å². The van der Waals surface area contributed by atoms with Crippen LogP contribution in [0.1, 0.15) is 17.3 Å². The smallest absolute Gasteiger partial charge is 0.251 e. The molecule has 5 heteroatoms. The van der Waals surface area contributed by atoms with Crippen molar-refractivity contribution >= 4 is 17.5 Å². The molecule has 0 aliphatic rings. The fourth-order valence-corrected chi connectivity index (χ4v) is 1.54. The Morgan fingerprint density at radius 1 is 1.50 bits per heavy atom. The molecule has 0 atom stereocenters. The number of benzene rings is 1. The summed E-state index contributed by atoms with van der Waals surface area (Å²) in [5.74, 6) is 0.690. The van der Waals surface area contributed by atoms with Gasteiger partial charge in [0.2, 0.25) is 0 Å². The summed E-state index contributed by atoms with van der Waals surface area (Å²) < 4.78 is 10.5. The predicted molar refractivity (Wildman–Crippen MR) is 62.6 cm³/mol. The van der Waals surface area contributed by atoms with Crippen LogP contribution in [-0.4, -0.2) is 26.7 Å². The molecule has 0 aromatic heterocycles. The standard InChI is InChI=1S/C11H14ClNO3/c1-4-16-10-8(12)5-7(11(14)13-2)6-9(10)15-3/h5-6H,4H2,1-3H3,(H,13,14). The third-order valence-corrected chi connectivity index (χ3v) is 2.29. The third-order valence-electron chi connectivity index (χ3n) is 2.01. The zero-order valence-corrected chi connectivity index (χ0v) is 10.2. The summed E-state index contributed by atoms with van der Waals surface area (Å²) in [6.45, 7) is 2.33. The van der Waals surface area contributed by atoms with Gasteiger partial charge in [0.15, 0.2) is 11.5 Å². The van der Waals surface area contributed by atoms with Crippen LogP contribution in [0.25, 0.3) is 0 Å². The van der Waals surface area contributed by atoms with Gasteiger partial charge >= 0.3 is 0 Å². The van der Waals surface area contributed by atoms with Crippen LogP contribution in [0.4, 0.5) is 0 Å². The largest absolute Gasteiger partial charge is 0.493 e. The van der Waals surface area contributed by atoms with Gasteiger partial charge in [-0.05, 0) is 19.1 Å². The first-order valence-corrected chi connectivity index (χ1v) is 5.24. The Labute approximate surface area is 99.5 Å². The van der Waals surface area contributed by atoms with Gasteiger partial charge in [0.05, 0.1) is 18.7 Å². The first-order valence-electron chi connectivity index (χ1n) is 4.86. The molecule has 88 valence electrons. The highest BCUT2D eigenvalue weighted by molar-refractivity contribution is 6.32. The molecule has 1 aromatic rings. The number of amides is 1. The van der Waals surface area contributed by atoms with Gasteiger partial charge in [-0.2, -0.15) is 0 Å². The van der Waals surface area contributed by atoms with E-state index in [0.29, 0.717) is 28.7 Å². The molecule has 0 fully saturated rings. The molecule has 0 bridgehead atoms. The van der Waals surface area contributed by atoms with E-state index in [1.54, 1.807) is 19.2 Å². The van der Waals surface area contributed by atoms with E-state index < -0.39 is 0 Å². The van der Waals surface area contributed by atoms with E-state index in [-0.39, 0.29) is 5.91 Å². The van der Waals surface area contributed by atoms with Crippen molar-refractivity contribution in [2.24, 2.45) is 0 Å². The molecule has 0 aliphatic carbocycles. The van der Waals surface area contributed by atoms with Crippen LogP contribution in [0.3, 0.4) is 0 Å². The highest BCUT2D eigenvalue weighted by atomic mass is 35.5. The maximum Gasteiger partial charge on any atom is 0.251 e. The second kappa shape index (κ2) is 5.61. The van der Waals surface area contributed by atoms with Gasteiger partial charge in [0.25, 0.3) is 5.91 Å². The molecule has 1 amide bonds. The Morgan fingerprint density at radius 3 is 2.69 bits per heavy atom. The van der Waals surface area contributed by atoms with E-state index in [4.69, 9.17) is 21.1 Å². The highest BCUT2D eigenvalue weighted by Gasteiger charge is 2.14. The lowest BCUT2D eigenvalue weighted by Gasteiger charge is -2.12. The number of carbonyl (C=O) groups is 1. The number of carbonyl (C=O) groups excluding carboxylic acids is 1. The number of rotatable bonds is 4. The van der Waals surface area contributed by atoms with Crippen molar-refractivity contribution < 1.29 is 14.3 Å². The zero-order valence-electron chi connectivity index (χ0n) is 9.46. The van der Waals surface area contributed by atoms with E-state index in [1.165, 1.54) is 7.11 Å². The molecular formula is C11H14ClNO3. The molecular weight excluding hydrogens is 230 g/mol. The molecule has 0 spiro atoms. The van der Waals surface area contributed by atoms with Gasteiger partial charge in [-0.15, -0.1) is 0 Å². The van der Waals surface area contributed by atoms with Gasteiger partial charge in [0, 0.05) is 12.6 Å². The maximum atomic E-state index is 11.4. The van der Waals surface area contributed by atoms with E-state index in [9.17, 15) is 4.79 Å². The topological polar surface area (TPSA) is 47.6 Å². The molecule has 16 heavy (non-hydrogen) atoms. The minimum atomic E-state index is -0.219. The first kappa shape index (κ1) is 12.6. The SMILES string of the molecule is CCOc1c(Cl)cc(C(=O)NC)cc1OC. The number of hydrogen-bond donors (Lipinski definition) is 1. The molecule has 0 saturated carbocycles. The van der Waals surface area contributed by atoms with Crippen LogP contribution in [0, 0.1) is 0 Å². The van der Waals surface area contributed by atoms with Crippen molar-refractivity contribution in [3.63, 3.8) is 0 Å². The summed E-state index contributed by atoms with van der Waals surface area (Å²) in [4.78, 5) is 11.4. The second-order valence-electron chi connectivity index (χ2n) is 3.00. The van der Waals surface area contributed by atoms with Crippen molar-refractivity contribution in [3.05, 3.63) is 22.7 Å². The Hall–Kier alpha value is -1.42. The molecule has 0 unspecified atom stereocenters. The van der Waals surface area contributed by atoms with Gasteiger partial charge in [0.1, 0.15) is 0 Å². The van der Waals surface area contributed by atoms with Gasteiger partial charge in [-0.1, -0.05) is 11.6 Å². The van der Waals surface area contributed by atoms with Gasteiger partial charge < -0.3 is 14.8 Å². The Bertz CT molecular complexity index is 393. The number of ether oxygens (including phenoxy) is 2. The second-order valence-corrected chi connectivity index (χ2v) is 3.41. The molecule has 1 rings (SSSR count). The van der Waals surface area contributed by atoms with Crippen molar-refractivity contribution in [3.8, 4) is 11.5 Å². The Balaban J connectivity index is 3.20. The Kier molecular flexibility index (Phi) is 4.43. The highest BCUT2D eigenvalue weighted by Crippen LogP contribution is 2.36. The molecule has 4 nitrogen and oxygen atoms in total. The monoisotopic (exact) mass is 243 g/mol. The van der Waals surface area contributed by atoms with E-state index in [0.717, 1.165) is 0 Å². The van der Waals surface area contributed by atoms with E-state index >= 15 is 0 Å². The van der Waals surface area contributed by atoms with Crippen molar-refractivity contribution in [1.29, 1.82) is 0 Å². The summed E-state index contributed by atoms with van der Waals surface area (Å²) >= 11 is 6.01. The number of nitrogens with one attached hydrogen (secondary N) is 1. The molecule has 1 N–H and O–H groups in total. The van der Waals surface area contributed by atoms with E-state index in [2.05, 4.69) is 5.32 Å². The summed E-state index contributed by atoms with van der Waals surface area (Å²) in [5, 5.41) is 2.88. The van der Waals surface area contributed by atoms with Crippen molar-refractivity contribution in [2.45, 2.75) is 6.92 Å². The fraction of sp³-hybridized carbons (Fsp3) is 0.364. The number of halogens is 1. The van der Waals surface area contributed by atoms with E-state index in [1.807, 2.05) is 6.92 Å². The van der Waals surface area contributed by atoms with Crippen LogP contribution in [0.15, 0.2) is 12.1 Å². The zero-order chi connectivity index (χ0) is 12.1.